The van der Waals surface area contributed by atoms with Gasteiger partial charge in [0.1, 0.15) is 17.6 Å². The van der Waals surface area contributed by atoms with Crippen LogP contribution in [-0.2, 0) is 11.3 Å². The van der Waals surface area contributed by atoms with Gasteiger partial charge in [0.05, 0.1) is 16.9 Å². The number of carbonyl (C=O) groups excluding carboxylic acids is 2. The van der Waals surface area contributed by atoms with E-state index in [0.29, 0.717) is 28.2 Å². The van der Waals surface area contributed by atoms with Crippen molar-refractivity contribution in [3.8, 4) is 5.75 Å². The third-order valence-electron chi connectivity index (χ3n) is 3.91. The average Bonchev–Trinajstić information content (AvgIpc) is 3.09. The van der Waals surface area contributed by atoms with Crippen molar-refractivity contribution in [2.45, 2.75) is 6.54 Å². The second kappa shape index (κ2) is 6.52. The molecular weight excluding hydrogens is 360 g/mol. The van der Waals surface area contributed by atoms with Crippen LogP contribution >= 0.6 is 11.8 Å². The van der Waals surface area contributed by atoms with Crippen molar-refractivity contribution < 1.29 is 14.3 Å². The fraction of sp³-hybridized carbons (Fsp3) is 0.125. The van der Waals surface area contributed by atoms with Gasteiger partial charge < -0.3 is 20.4 Å². The summed E-state index contributed by atoms with van der Waals surface area (Å²) in [5, 5.41) is 5.53. The van der Waals surface area contributed by atoms with Crippen LogP contribution in [0.5, 0.6) is 5.75 Å². The van der Waals surface area contributed by atoms with Crippen LogP contribution < -0.4 is 20.2 Å². The molecule has 132 valence electrons. The van der Waals surface area contributed by atoms with E-state index in [4.69, 9.17) is 16.5 Å². The van der Waals surface area contributed by atoms with Crippen molar-refractivity contribution in [1.82, 2.24) is 20.3 Å². The number of nitrogens with zero attached hydrogens (tertiary/aromatic N) is 2. The van der Waals surface area contributed by atoms with Gasteiger partial charge >= 0.3 is 0 Å². The normalized spacial score (nSPS) is 12.9. The smallest absolute Gasteiger partial charge is 0.272 e. The van der Waals surface area contributed by atoms with Crippen LogP contribution in [0, 0.1) is 0 Å². The molecule has 0 aliphatic carbocycles. The van der Waals surface area contributed by atoms with E-state index in [-0.39, 0.29) is 30.7 Å². The SMILES string of the molecule is O=C1COc2ccc(CNC(=O)c3ncnc4c(NCl)c[nH]c34)cc2N1. The maximum atomic E-state index is 12.5. The van der Waals surface area contributed by atoms with Crippen molar-refractivity contribution in [1.29, 1.82) is 0 Å². The lowest BCUT2D eigenvalue weighted by Crippen LogP contribution is -2.26. The fourth-order valence-corrected chi connectivity index (χ4v) is 2.83. The summed E-state index contributed by atoms with van der Waals surface area (Å²) in [5.74, 6) is 0.0283. The summed E-state index contributed by atoms with van der Waals surface area (Å²) in [5.41, 5.74) is 3.17. The highest BCUT2D eigenvalue weighted by Gasteiger charge is 2.18. The Morgan fingerprint density at radius 2 is 2.23 bits per heavy atom. The van der Waals surface area contributed by atoms with Gasteiger partial charge in [-0.05, 0) is 17.7 Å². The molecule has 0 radical (unpaired) electrons. The Labute approximate surface area is 152 Å². The number of carbonyl (C=O) groups is 2. The van der Waals surface area contributed by atoms with Crippen LogP contribution in [0.3, 0.4) is 0 Å². The van der Waals surface area contributed by atoms with E-state index in [1.54, 1.807) is 18.3 Å². The molecule has 0 saturated carbocycles. The maximum Gasteiger partial charge on any atom is 0.272 e. The average molecular weight is 373 g/mol. The van der Waals surface area contributed by atoms with E-state index >= 15 is 0 Å². The number of amides is 2. The Morgan fingerprint density at radius 3 is 3.08 bits per heavy atom. The monoisotopic (exact) mass is 372 g/mol. The molecule has 3 aromatic rings. The van der Waals surface area contributed by atoms with E-state index in [0.717, 1.165) is 5.56 Å². The lowest BCUT2D eigenvalue weighted by molar-refractivity contribution is -0.118. The highest BCUT2D eigenvalue weighted by atomic mass is 35.5. The van der Waals surface area contributed by atoms with E-state index in [1.165, 1.54) is 6.33 Å². The highest BCUT2D eigenvalue weighted by Crippen LogP contribution is 2.28. The topological polar surface area (TPSA) is 121 Å². The Morgan fingerprint density at radius 1 is 1.35 bits per heavy atom. The van der Waals surface area contributed by atoms with Crippen molar-refractivity contribution in [3.05, 3.63) is 42.0 Å². The molecule has 9 nitrogen and oxygen atoms in total. The number of rotatable bonds is 4. The Bertz CT molecular complexity index is 1020. The third kappa shape index (κ3) is 2.88. The standard InChI is InChI=1S/C16H13ClN6O3/c17-23-10-5-18-14-13(10)20-7-21-15(14)16(25)19-4-8-1-2-11-9(3-8)22-12(24)6-26-11/h1-3,5,7,18,23H,4,6H2,(H,19,25)(H,22,24). The molecule has 0 fully saturated rings. The second-order valence-corrected chi connectivity index (χ2v) is 5.78. The molecule has 0 atom stereocenters. The van der Waals surface area contributed by atoms with Crippen molar-refractivity contribution >= 4 is 46.0 Å². The highest BCUT2D eigenvalue weighted by molar-refractivity contribution is 6.25. The molecular formula is C16H13ClN6O3. The van der Waals surface area contributed by atoms with Gasteiger partial charge in [-0.25, -0.2) is 9.97 Å². The molecule has 0 spiro atoms. The molecule has 2 amide bonds. The predicted octanol–water partition coefficient (Wildman–Crippen LogP) is 1.78. The molecule has 0 unspecified atom stereocenters. The number of H-pyrrole nitrogens is 1. The van der Waals surface area contributed by atoms with E-state index in [9.17, 15) is 9.59 Å². The number of anilines is 2. The van der Waals surface area contributed by atoms with Crippen LogP contribution in [0.1, 0.15) is 16.1 Å². The zero-order valence-corrected chi connectivity index (χ0v) is 14.1. The van der Waals surface area contributed by atoms with Crippen molar-refractivity contribution in [2.24, 2.45) is 0 Å². The minimum Gasteiger partial charge on any atom is -0.482 e. The lowest BCUT2D eigenvalue weighted by Gasteiger charge is -2.18. The van der Waals surface area contributed by atoms with Gasteiger partial charge in [0.15, 0.2) is 12.3 Å². The second-order valence-electron chi connectivity index (χ2n) is 5.59. The van der Waals surface area contributed by atoms with Gasteiger partial charge in [0, 0.05) is 24.5 Å². The first-order valence-corrected chi connectivity index (χ1v) is 8.06. The van der Waals surface area contributed by atoms with Crippen molar-refractivity contribution in [2.75, 3.05) is 16.8 Å². The Hall–Kier alpha value is -3.33. The molecule has 4 rings (SSSR count). The minimum absolute atomic E-state index is 0.00207. The summed E-state index contributed by atoms with van der Waals surface area (Å²) < 4.78 is 5.31. The first kappa shape index (κ1) is 16.2. The van der Waals surface area contributed by atoms with Crippen LogP contribution in [-0.4, -0.2) is 33.4 Å². The Balaban J connectivity index is 1.52. The minimum atomic E-state index is -0.363. The number of fused-ring (bicyclic) bond motifs is 2. The van der Waals surface area contributed by atoms with E-state index in [1.807, 2.05) is 6.07 Å². The molecule has 10 heteroatoms. The van der Waals surface area contributed by atoms with Gasteiger partial charge in [0.25, 0.3) is 11.8 Å². The van der Waals surface area contributed by atoms with Gasteiger partial charge in [-0.2, -0.15) is 0 Å². The maximum absolute atomic E-state index is 12.5. The van der Waals surface area contributed by atoms with Gasteiger partial charge in [-0.15, -0.1) is 0 Å². The third-order valence-corrected chi connectivity index (χ3v) is 4.11. The van der Waals surface area contributed by atoms with E-state index in [2.05, 4.69) is 30.4 Å². The predicted molar refractivity (Wildman–Crippen MR) is 95.1 cm³/mol. The van der Waals surface area contributed by atoms with Crippen molar-refractivity contribution in [3.63, 3.8) is 0 Å². The number of aromatic amines is 1. The zero-order valence-electron chi connectivity index (χ0n) is 13.3. The number of benzene rings is 1. The van der Waals surface area contributed by atoms with E-state index < -0.39 is 0 Å². The lowest BCUT2D eigenvalue weighted by atomic mass is 10.1. The number of hydrogen-bond donors (Lipinski definition) is 4. The summed E-state index contributed by atoms with van der Waals surface area (Å²) in [7, 11) is 0. The summed E-state index contributed by atoms with van der Waals surface area (Å²) in [6, 6.07) is 5.32. The van der Waals surface area contributed by atoms with Crippen LogP contribution in [0.15, 0.2) is 30.7 Å². The van der Waals surface area contributed by atoms with Crippen LogP contribution in [0.2, 0.25) is 0 Å². The molecule has 1 aliphatic heterocycles. The summed E-state index contributed by atoms with van der Waals surface area (Å²) in [6.07, 6.45) is 2.91. The molecule has 0 bridgehead atoms. The number of nitrogens with one attached hydrogen (secondary N) is 4. The molecule has 2 aromatic heterocycles. The molecule has 3 heterocycles. The summed E-state index contributed by atoms with van der Waals surface area (Å²) in [4.78, 5) is 37.5. The summed E-state index contributed by atoms with van der Waals surface area (Å²) in [6.45, 7) is 0.261. The zero-order chi connectivity index (χ0) is 18.1. The molecule has 26 heavy (non-hydrogen) atoms. The first-order valence-electron chi connectivity index (χ1n) is 7.68. The fourth-order valence-electron chi connectivity index (χ4n) is 2.69. The van der Waals surface area contributed by atoms with Crippen LogP contribution in [0.25, 0.3) is 11.0 Å². The van der Waals surface area contributed by atoms with Gasteiger partial charge in [-0.3, -0.25) is 14.4 Å². The largest absolute Gasteiger partial charge is 0.482 e. The van der Waals surface area contributed by atoms with Crippen LogP contribution in [0.4, 0.5) is 11.4 Å². The first-order chi connectivity index (χ1) is 12.7. The number of ether oxygens (including phenoxy) is 1. The quantitative estimate of drug-likeness (QED) is 0.518. The molecule has 1 aliphatic rings. The number of hydrogen-bond acceptors (Lipinski definition) is 6. The molecule has 4 N–H and O–H groups in total. The Kier molecular flexibility index (Phi) is 4.05. The summed E-state index contributed by atoms with van der Waals surface area (Å²) >= 11 is 5.62. The molecule has 1 aromatic carbocycles. The van der Waals surface area contributed by atoms with Gasteiger partial charge in [-0.1, -0.05) is 6.07 Å². The number of halogens is 1. The molecule has 0 saturated heterocycles. The van der Waals surface area contributed by atoms with Gasteiger partial charge in [0.2, 0.25) is 0 Å². The number of aromatic nitrogens is 3.